The smallest absolute Gasteiger partial charge is 0.271 e. The summed E-state index contributed by atoms with van der Waals surface area (Å²) in [6.45, 7) is 0. The molecule has 1 N–H and O–H groups in total. The van der Waals surface area contributed by atoms with Crippen LogP contribution in [0, 0.1) is 0 Å². The summed E-state index contributed by atoms with van der Waals surface area (Å²) >= 11 is 0. The summed E-state index contributed by atoms with van der Waals surface area (Å²) in [6, 6.07) is 22.4. The minimum atomic E-state index is -0.276. The lowest BCUT2D eigenvalue weighted by Crippen LogP contribution is -2.21. The van der Waals surface area contributed by atoms with Crippen molar-refractivity contribution in [3.63, 3.8) is 0 Å². The Morgan fingerprint density at radius 2 is 1.69 bits per heavy atom. The van der Waals surface area contributed by atoms with Gasteiger partial charge in [0.15, 0.2) is 0 Å². The van der Waals surface area contributed by atoms with Crippen molar-refractivity contribution >= 4 is 11.6 Å². The normalized spacial score (nSPS) is 11.0. The van der Waals surface area contributed by atoms with Gasteiger partial charge in [0.05, 0.1) is 12.8 Å². The van der Waals surface area contributed by atoms with E-state index in [1.54, 1.807) is 37.6 Å². The van der Waals surface area contributed by atoms with Crippen molar-refractivity contribution in [1.82, 2.24) is 10.4 Å². The molecule has 1 aromatic heterocycles. The molecule has 0 aliphatic heterocycles. The van der Waals surface area contributed by atoms with Crippen molar-refractivity contribution in [2.24, 2.45) is 5.10 Å². The molecule has 0 bridgehead atoms. The number of benzene rings is 2. The number of pyridine rings is 1. The number of hydrogen-bond donors (Lipinski definition) is 1. The van der Waals surface area contributed by atoms with Crippen molar-refractivity contribution < 1.29 is 9.53 Å². The van der Waals surface area contributed by atoms with Crippen LogP contribution >= 0.6 is 0 Å². The van der Waals surface area contributed by atoms with Crippen LogP contribution in [0.5, 0.6) is 5.75 Å². The molecular formula is C21H19N3O2. The van der Waals surface area contributed by atoms with Crippen LogP contribution in [0.3, 0.4) is 0 Å². The maximum absolute atomic E-state index is 12.4. The number of carbonyl (C=O) groups excluding carboxylic acids is 1. The molecule has 5 heteroatoms. The second-order valence-corrected chi connectivity index (χ2v) is 5.59. The molecule has 1 amide bonds. The highest BCUT2D eigenvalue weighted by atomic mass is 16.5. The van der Waals surface area contributed by atoms with Crippen molar-refractivity contribution in [3.8, 4) is 5.75 Å². The molecule has 0 aliphatic carbocycles. The van der Waals surface area contributed by atoms with Crippen LogP contribution in [0.15, 0.2) is 84.1 Å². The van der Waals surface area contributed by atoms with Crippen molar-refractivity contribution in [3.05, 3.63) is 95.8 Å². The minimum Gasteiger partial charge on any atom is -0.497 e. The molecule has 0 atom stereocenters. The first-order chi connectivity index (χ1) is 12.8. The van der Waals surface area contributed by atoms with Gasteiger partial charge in [-0.2, -0.15) is 5.10 Å². The Morgan fingerprint density at radius 1 is 0.962 bits per heavy atom. The second-order valence-electron chi connectivity index (χ2n) is 5.59. The van der Waals surface area contributed by atoms with E-state index in [0.29, 0.717) is 17.7 Å². The predicted octanol–water partition coefficient (Wildman–Crippen LogP) is 3.47. The standard InChI is InChI=1S/C21H19N3O2/c1-26-19-12-10-17(11-13-19)21(25)24-23-20(16-7-3-2-4-8-16)15-18-9-5-6-14-22-18/h2-14H,15H2,1H3,(H,24,25). The van der Waals surface area contributed by atoms with Gasteiger partial charge in [-0.3, -0.25) is 9.78 Å². The van der Waals surface area contributed by atoms with Crippen molar-refractivity contribution in [2.75, 3.05) is 7.11 Å². The molecule has 26 heavy (non-hydrogen) atoms. The number of ether oxygens (including phenoxy) is 1. The monoisotopic (exact) mass is 345 g/mol. The van der Waals surface area contributed by atoms with Gasteiger partial charge >= 0.3 is 0 Å². The molecule has 3 rings (SSSR count). The van der Waals surface area contributed by atoms with Gasteiger partial charge in [-0.05, 0) is 42.0 Å². The van der Waals surface area contributed by atoms with Crippen LogP contribution < -0.4 is 10.2 Å². The quantitative estimate of drug-likeness (QED) is 0.550. The number of hydrogen-bond acceptors (Lipinski definition) is 4. The molecular weight excluding hydrogens is 326 g/mol. The molecule has 5 nitrogen and oxygen atoms in total. The highest BCUT2D eigenvalue weighted by Gasteiger charge is 2.09. The van der Waals surface area contributed by atoms with E-state index in [9.17, 15) is 4.79 Å². The van der Waals surface area contributed by atoms with Crippen LogP contribution in [-0.4, -0.2) is 23.7 Å². The Balaban J connectivity index is 1.80. The number of methoxy groups -OCH3 is 1. The van der Waals surface area contributed by atoms with Crippen LogP contribution in [0.2, 0.25) is 0 Å². The van der Waals surface area contributed by atoms with E-state index in [1.165, 1.54) is 0 Å². The first-order valence-electron chi connectivity index (χ1n) is 8.22. The lowest BCUT2D eigenvalue weighted by atomic mass is 10.1. The molecule has 1 heterocycles. The number of nitrogens with one attached hydrogen (secondary N) is 1. The van der Waals surface area contributed by atoms with E-state index in [1.807, 2.05) is 48.5 Å². The van der Waals surface area contributed by atoms with E-state index < -0.39 is 0 Å². The Labute approximate surface area is 152 Å². The Morgan fingerprint density at radius 3 is 2.35 bits per heavy atom. The van der Waals surface area contributed by atoms with Gasteiger partial charge in [0.2, 0.25) is 0 Å². The molecule has 0 spiro atoms. The van der Waals surface area contributed by atoms with Gasteiger partial charge in [0, 0.05) is 23.9 Å². The van der Waals surface area contributed by atoms with Crippen LogP contribution in [0.1, 0.15) is 21.6 Å². The molecule has 130 valence electrons. The van der Waals surface area contributed by atoms with Crippen LogP contribution in [0.4, 0.5) is 0 Å². The van der Waals surface area contributed by atoms with E-state index in [4.69, 9.17) is 4.74 Å². The zero-order valence-corrected chi connectivity index (χ0v) is 14.4. The van der Waals surface area contributed by atoms with Gasteiger partial charge in [-0.1, -0.05) is 36.4 Å². The number of aromatic nitrogens is 1. The summed E-state index contributed by atoms with van der Waals surface area (Å²) < 4.78 is 5.11. The van der Waals surface area contributed by atoms with E-state index in [2.05, 4.69) is 15.5 Å². The molecule has 0 unspecified atom stereocenters. The number of hydrazone groups is 1. The van der Waals surface area contributed by atoms with E-state index in [-0.39, 0.29) is 5.91 Å². The van der Waals surface area contributed by atoms with E-state index in [0.717, 1.165) is 17.0 Å². The highest BCUT2D eigenvalue weighted by molar-refractivity contribution is 6.03. The fourth-order valence-electron chi connectivity index (χ4n) is 2.44. The fourth-order valence-corrected chi connectivity index (χ4v) is 2.44. The summed E-state index contributed by atoms with van der Waals surface area (Å²) in [5, 5.41) is 4.35. The van der Waals surface area contributed by atoms with Gasteiger partial charge < -0.3 is 4.74 Å². The minimum absolute atomic E-state index is 0.276. The third-order valence-electron chi connectivity index (χ3n) is 3.83. The number of amides is 1. The topological polar surface area (TPSA) is 63.6 Å². The Kier molecular flexibility index (Phi) is 5.72. The summed E-state index contributed by atoms with van der Waals surface area (Å²) in [5.74, 6) is 0.423. The van der Waals surface area contributed by atoms with Crippen molar-refractivity contribution in [2.45, 2.75) is 6.42 Å². The average Bonchev–Trinajstić information content (AvgIpc) is 2.72. The Hall–Kier alpha value is -3.47. The molecule has 3 aromatic rings. The lowest BCUT2D eigenvalue weighted by Gasteiger charge is -2.08. The summed E-state index contributed by atoms with van der Waals surface area (Å²) in [5.41, 5.74) is 5.71. The molecule has 0 saturated heterocycles. The predicted molar refractivity (Wildman–Crippen MR) is 101 cm³/mol. The maximum Gasteiger partial charge on any atom is 0.271 e. The van der Waals surface area contributed by atoms with Gasteiger partial charge in [0.1, 0.15) is 5.75 Å². The van der Waals surface area contributed by atoms with Gasteiger partial charge in [0.25, 0.3) is 5.91 Å². The summed E-state index contributed by atoms with van der Waals surface area (Å²) in [6.07, 6.45) is 2.27. The number of carbonyl (C=O) groups is 1. The number of rotatable bonds is 6. The fraction of sp³-hybridized carbons (Fsp3) is 0.0952. The molecule has 0 radical (unpaired) electrons. The van der Waals surface area contributed by atoms with Crippen LogP contribution in [-0.2, 0) is 6.42 Å². The average molecular weight is 345 g/mol. The van der Waals surface area contributed by atoms with Gasteiger partial charge in [-0.25, -0.2) is 5.43 Å². The lowest BCUT2D eigenvalue weighted by molar-refractivity contribution is 0.0955. The molecule has 0 aliphatic rings. The maximum atomic E-state index is 12.4. The molecule has 0 fully saturated rings. The second kappa shape index (κ2) is 8.58. The van der Waals surface area contributed by atoms with E-state index >= 15 is 0 Å². The third-order valence-corrected chi connectivity index (χ3v) is 3.83. The SMILES string of the molecule is COc1ccc(C(=O)NN=C(Cc2ccccn2)c2ccccc2)cc1. The number of nitrogens with zero attached hydrogens (tertiary/aromatic N) is 2. The summed E-state index contributed by atoms with van der Waals surface area (Å²) in [4.78, 5) is 16.7. The largest absolute Gasteiger partial charge is 0.497 e. The van der Waals surface area contributed by atoms with Crippen LogP contribution in [0.25, 0.3) is 0 Å². The summed E-state index contributed by atoms with van der Waals surface area (Å²) in [7, 11) is 1.59. The zero-order valence-electron chi connectivity index (χ0n) is 14.4. The molecule has 2 aromatic carbocycles. The highest BCUT2D eigenvalue weighted by Crippen LogP contribution is 2.11. The third kappa shape index (κ3) is 4.54. The van der Waals surface area contributed by atoms with Crippen molar-refractivity contribution in [1.29, 1.82) is 0 Å². The first-order valence-corrected chi connectivity index (χ1v) is 8.22. The first kappa shape index (κ1) is 17.4. The van der Waals surface area contributed by atoms with Gasteiger partial charge in [-0.15, -0.1) is 0 Å². The molecule has 0 saturated carbocycles. The Bertz CT molecular complexity index is 876. The zero-order chi connectivity index (χ0) is 18.2.